The molecule has 0 aliphatic carbocycles. The van der Waals surface area contributed by atoms with E-state index in [0.29, 0.717) is 18.1 Å². The third-order valence-electron chi connectivity index (χ3n) is 3.87. The second kappa shape index (κ2) is 7.04. The molecule has 0 aliphatic heterocycles. The summed E-state index contributed by atoms with van der Waals surface area (Å²) in [5, 5.41) is 2.35. The number of hydrogen-bond donors (Lipinski definition) is 1. The first-order valence-electron chi connectivity index (χ1n) is 7.72. The smallest absolute Gasteiger partial charge is 0.221 e. The molecule has 0 aromatic heterocycles. The molecule has 3 aromatic carbocycles. The van der Waals surface area contributed by atoms with Crippen molar-refractivity contribution in [3.8, 4) is 11.5 Å². The molecule has 122 valence electrons. The predicted molar refractivity (Wildman–Crippen MR) is 94.2 cm³/mol. The van der Waals surface area contributed by atoms with E-state index in [2.05, 4.69) is 24.3 Å². The Labute approximate surface area is 140 Å². The molecule has 0 saturated heterocycles. The largest absolute Gasteiger partial charge is 0.493 e. The lowest BCUT2D eigenvalue weighted by molar-refractivity contribution is -0.117. The van der Waals surface area contributed by atoms with Gasteiger partial charge in [0, 0.05) is 0 Å². The van der Waals surface area contributed by atoms with Crippen molar-refractivity contribution in [3.63, 3.8) is 0 Å². The summed E-state index contributed by atoms with van der Waals surface area (Å²) in [4.78, 5) is 11.0. The minimum Gasteiger partial charge on any atom is -0.493 e. The molecule has 3 rings (SSSR count). The Hall–Kier alpha value is -3.01. The fraction of sp³-hybridized carbons (Fsp3) is 0.150. The first kappa shape index (κ1) is 15.9. The Morgan fingerprint density at radius 1 is 1.00 bits per heavy atom. The van der Waals surface area contributed by atoms with Gasteiger partial charge in [0.25, 0.3) is 0 Å². The maximum absolute atomic E-state index is 11.0. The van der Waals surface area contributed by atoms with Gasteiger partial charge in [0.05, 0.1) is 13.5 Å². The van der Waals surface area contributed by atoms with Crippen molar-refractivity contribution in [1.29, 1.82) is 0 Å². The molecule has 0 spiro atoms. The number of fused-ring (bicyclic) bond motifs is 1. The molecule has 2 N–H and O–H groups in total. The highest BCUT2D eigenvalue weighted by Gasteiger charge is 2.09. The lowest BCUT2D eigenvalue weighted by Crippen LogP contribution is -2.13. The Bertz CT molecular complexity index is 868. The average molecular weight is 321 g/mol. The van der Waals surface area contributed by atoms with Gasteiger partial charge in [-0.05, 0) is 34.0 Å². The van der Waals surface area contributed by atoms with Gasteiger partial charge in [0.15, 0.2) is 11.5 Å². The number of carbonyl (C=O) groups excluding carboxylic acids is 1. The van der Waals surface area contributed by atoms with E-state index >= 15 is 0 Å². The summed E-state index contributed by atoms with van der Waals surface area (Å²) in [5.74, 6) is 0.856. The molecule has 0 radical (unpaired) electrons. The highest BCUT2D eigenvalue weighted by Crippen LogP contribution is 2.30. The number of methoxy groups -OCH3 is 1. The Balaban J connectivity index is 1.82. The van der Waals surface area contributed by atoms with E-state index in [-0.39, 0.29) is 12.3 Å². The van der Waals surface area contributed by atoms with Gasteiger partial charge in [-0.15, -0.1) is 0 Å². The molecule has 0 unspecified atom stereocenters. The zero-order chi connectivity index (χ0) is 16.9. The van der Waals surface area contributed by atoms with E-state index < -0.39 is 0 Å². The van der Waals surface area contributed by atoms with Gasteiger partial charge in [-0.1, -0.05) is 48.5 Å². The van der Waals surface area contributed by atoms with E-state index in [9.17, 15) is 4.79 Å². The standard InChI is InChI=1S/C20H19NO3/c1-23-19-11-14(12-20(21)22)9-10-18(19)24-13-16-7-4-6-15-5-2-3-8-17(15)16/h2-11H,12-13H2,1H3,(H2,21,22). The molecular formula is C20H19NO3. The van der Waals surface area contributed by atoms with Crippen LogP contribution in [0.25, 0.3) is 10.8 Å². The summed E-state index contributed by atoms with van der Waals surface area (Å²) in [5.41, 5.74) is 7.14. The van der Waals surface area contributed by atoms with Crippen LogP contribution in [0.15, 0.2) is 60.7 Å². The molecule has 24 heavy (non-hydrogen) atoms. The van der Waals surface area contributed by atoms with Gasteiger partial charge in [-0.25, -0.2) is 0 Å². The third kappa shape index (κ3) is 3.49. The lowest BCUT2D eigenvalue weighted by atomic mass is 10.1. The Morgan fingerprint density at radius 2 is 1.79 bits per heavy atom. The van der Waals surface area contributed by atoms with Crippen LogP contribution >= 0.6 is 0 Å². The molecular weight excluding hydrogens is 302 g/mol. The van der Waals surface area contributed by atoms with Gasteiger partial charge >= 0.3 is 0 Å². The molecule has 0 aliphatic rings. The van der Waals surface area contributed by atoms with Crippen LogP contribution in [0.1, 0.15) is 11.1 Å². The second-order valence-electron chi connectivity index (χ2n) is 5.56. The van der Waals surface area contributed by atoms with Crippen LogP contribution in [0, 0.1) is 0 Å². The summed E-state index contributed by atoms with van der Waals surface area (Å²) < 4.78 is 11.3. The van der Waals surface area contributed by atoms with E-state index in [1.165, 1.54) is 10.8 Å². The van der Waals surface area contributed by atoms with Crippen molar-refractivity contribution in [3.05, 3.63) is 71.8 Å². The number of rotatable bonds is 6. The predicted octanol–water partition coefficient (Wildman–Crippen LogP) is 3.46. The van der Waals surface area contributed by atoms with Crippen LogP contribution < -0.4 is 15.2 Å². The van der Waals surface area contributed by atoms with Gasteiger partial charge in [0.1, 0.15) is 6.61 Å². The van der Waals surface area contributed by atoms with Crippen LogP contribution in [0.4, 0.5) is 0 Å². The number of hydrogen-bond acceptors (Lipinski definition) is 3. The SMILES string of the molecule is COc1cc(CC(N)=O)ccc1OCc1cccc2ccccc12. The van der Waals surface area contributed by atoms with Gasteiger partial charge in [-0.3, -0.25) is 4.79 Å². The van der Waals surface area contributed by atoms with Crippen molar-refractivity contribution >= 4 is 16.7 Å². The number of benzene rings is 3. The summed E-state index contributed by atoms with van der Waals surface area (Å²) in [7, 11) is 1.58. The first-order valence-corrected chi connectivity index (χ1v) is 7.72. The van der Waals surface area contributed by atoms with E-state index in [1.807, 2.05) is 30.3 Å². The lowest BCUT2D eigenvalue weighted by Gasteiger charge is -2.13. The maximum Gasteiger partial charge on any atom is 0.221 e. The van der Waals surface area contributed by atoms with Gasteiger partial charge < -0.3 is 15.2 Å². The maximum atomic E-state index is 11.0. The van der Waals surface area contributed by atoms with Crippen LogP contribution in [-0.2, 0) is 17.8 Å². The highest BCUT2D eigenvalue weighted by atomic mass is 16.5. The fourth-order valence-corrected chi connectivity index (χ4v) is 2.72. The Kier molecular flexibility index (Phi) is 4.66. The van der Waals surface area contributed by atoms with E-state index in [1.54, 1.807) is 13.2 Å². The molecule has 4 heteroatoms. The zero-order valence-electron chi connectivity index (χ0n) is 13.5. The minimum atomic E-state index is -0.374. The zero-order valence-corrected chi connectivity index (χ0v) is 13.5. The van der Waals surface area contributed by atoms with E-state index in [0.717, 1.165) is 11.1 Å². The monoisotopic (exact) mass is 321 g/mol. The quantitative estimate of drug-likeness (QED) is 0.756. The number of primary amides is 1. The van der Waals surface area contributed by atoms with Crippen molar-refractivity contribution in [2.24, 2.45) is 5.73 Å². The summed E-state index contributed by atoms with van der Waals surface area (Å²) in [6.45, 7) is 0.437. The number of carbonyl (C=O) groups is 1. The minimum absolute atomic E-state index is 0.181. The van der Waals surface area contributed by atoms with Crippen molar-refractivity contribution in [2.45, 2.75) is 13.0 Å². The normalized spacial score (nSPS) is 10.5. The number of ether oxygens (including phenoxy) is 2. The van der Waals surface area contributed by atoms with E-state index in [4.69, 9.17) is 15.2 Å². The topological polar surface area (TPSA) is 61.5 Å². The van der Waals surface area contributed by atoms with Crippen LogP contribution in [-0.4, -0.2) is 13.0 Å². The number of nitrogens with two attached hydrogens (primary N) is 1. The average Bonchev–Trinajstić information content (AvgIpc) is 2.60. The van der Waals surface area contributed by atoms with Crippen LogP contribution in [0.5, 0.6) is 11.5 Å². The van der Waals surface area contributed by atoms with Crippen molar-refractivity contribution in [2.75, 3.05) is 7.11 Å². The summed E-state index contributed by atoms with van der Waals surface area (Å²) >= 11 is 0. The first-order chi connectivity index (χ1) is 11.7. The van der Waals surface area contributed by atoms with Crippen LogP contribution in [0.3, 0.4) is 0 Å². The highest BCUT2D eigenvalue weighted by molar-refractivity contribution is 5.85. The molecule has 3 aromatic rings. The molecule has 4 nitrogen and oxygen atoms in total. The molecule has 0 saturated carbocycles. The third-order valence-corrected chi connectivity index (χ3v) is 3.87. The van der Waals surface area contributed by atoms with Gasteiger partial charge in [-0.2, -0.15) is 0 Å². The molecule has 0 atom stereocenters. The number of amides is 1. The molecule has 0 fully saturated rings. The fourth-order valence-electron chi connectivity index (χ4n) is 2.72. The second-order valence-corrected chi connectivity index (χ2v) is 5.56. The summed E-state index contributed by atoms with van der Waals surface area (Å²) in [6, 6.07) is 19.8. The molecule has 0 heterocycles. The van der Waals surface area contributed by atoms with Gasteiger partial charge in [0.2, 0.25) is 5.91 Å². The molecule has 0 bridgehead atoms. The Morgan fingerprint density at radius 3 is 2.58 bits per heavy atom. The molecule has 1 amide bonds. The van der Waals surface area contributed by atoms with Crippen LogP contribution in [0.2, 0.25) is 0 Å². The van der Waals surface area contributed by atoms with Crippen molar-refractivity contribution < 1.29 is 14.3 Å². The summed E-state index contributed by atoms with van der Waals surface area (Å²) in [6.07, 6.45) is 0.181. The van der Waals surface area contributed by atoms with Crippen molar-refractivity contribution in [1.82, 2.24) is 0 Å².